The third-order valence-corrected chi connectivity index (χ3v) is 6.43. The molecule has 3 nitrogen and oxygen atoms in total. The predicted molar refractivity (Wildman–Crippen MR) is 73.4 cm³/mol. The molecule has 5 aliphatic carbocycles. The first kappa shape index (κ1) is 12.7. The lowest BCUT2D eigenvalue weighted by Gasteiger charge is -2.57. The molecule has 0 aromatic rings. The number of carbonyl (C=O) groups is 1. The van der Waals surface area contributed by atoms with Crippen LogP contribution >= 0.6 is 0 Å². The fourth-order valence-corrected chi connectivity index (χ4v) is 5.64. The molecule has 0 saturated heterocycles. The van der Waals surface area contributed by atoms with Crippen LogP contribution in [0, 0.1) is 40.4 Å². The van der Waals surface area contributed by atoms with Crippen molar-refractivity contribution >= 4 is 5.97 Å². The Morgan fingerprint density at radius 2 is 1.65 bits per heavy atom. The largest absolute Gasteiger partial charge is 0.446 e. The molecule has 4 bridgehead atoms. The van der Waals surface area contributed by atoms with Crippen LogP contribution in [0.5, 0.6) is 0 Å². The third kappa shape index (κ3) is 1.88. The Balaban J connectivity index is 1.52. The van der Waals surface area contributed by atoms with E-state index in [1.165, 1.54) is 19.3 Å². The molecule has 5 rings (SSSR count). The highest BCUT2D eigenvalue weighted by atomic mass is 16.5. The molecule has 3 heteroatoms. The van der Waals surface area contributed by atoms with Gasteiger partial charge in [0.2, 0.25) is 0 Å². The molecular formula is C17H23NO2. The van der Waals surface area contributed by atoms with Crippen molar-refractivity contribution in [3.8, 4) is 6.07 Å². The molecule has 1 unspecified atom stereocenters. The van der Waals surface area contributed by atoms with Crippen molar-refractivity contribution in [2.45, 2.75) is 63.9 Å². The maximum atomic E-state index is 12.1. The number of ether oxygens (including phenoxy) is 1. The van der Waals surface area contributed by atoms with Crippen molar-refractivity contribution in [1.29, 1.82) is 5.26 Å². The van der Waals surface area contributed by atoms with E-state index in [-0.39, 0.29) is 17.3 Å². The summed E-state index contributed by atoms with van der Waals surface area (Å²) in [6, 6.07) is 2.35. The predicted octanol–water partition coefficient (Wildman–Crippen LogP) is 3.44. The van der Waals surface area contributed by atoms with E-state index < -0.39 is 6.10 Å². The minimum atomic E-state index is -0.482. The first-order valence-corrected chi connectivity index (χ1v) is 8.28. The van der Waals surface area contributed by atoms with Crippen LogP contribution in [0.15, 0.2) is 0 Å². The number of hydrogen-bond donors (Lipinski definition) is 0. The Kier molecular flexibility index (Phi) is 2.84. The molecule has 0 amide bonds. The summed E-state index contributed by atoms with van der Waals surface area (Å²) in [5.41, 5.74) is 0.00288. The van der Waals surface area contributed by atoms with Gasteiger partial charge in [0.05, 0.1) is 5.92 Å². The average molecular weight is 273 g/mol. The fourth-order valence-electron chi connectivity index (χ4n) is 5.64. The lowest BCUT2D eigenvalue weighted by molar-refractivity contribution is -0.171. The van der Waals surface area contributed by atoms with Gasteiger partial charge in [-0.05, 0) is 69.1 Å². The van der Waals surface area contributed by atoms with E-state index in [0.29, 0.717) is 0 Å². The van der Waals surface area contributed by atoms with Gasteiger partial charge in [-0.2, -0.15) is 5.26 Å². The molecule has 108 valence electrons. The van der Waals surface area contributed by atoms with E-state index in [9.17, 15) is 10.1 Å². The van der Waals surface area contributed by atoms with Gasteiger partial charge in [0.1, 0.15) is 6.07 Å². The van der Waals surface area contributed by atoms with Gasteiger partial charge < -0.3 is 4.74 Å². The quantitative estimate of drug-likeness (QED) is 0.740. The second-order valence-corrected chi connectivity index (χ2v) is 7.85. The molecule has 0 heterocycles. The summed E-state index contributed by atoms with van der Waals surface area (Å²) < 4.78 is 5.69. The minimum Gasteiger partial charge on any atom is -0.446 e. The van der Waals surface area contributed by atoms with E-state index in [0.717, 1.165) is 56.3 Å². The number of hydrogen-bond acceptors (Lipinski definition) is 3. The van der Waals surface area contributed by atoms with Crippen molar-refractivity contribution in [1.82, 2.24) is 0 Å². The summed E-state index contributed by atoms with van der Waals surface area (Å²) in [6.45, 7) is 0. The smallest absolute Gasteiger partial charge is 0.310 e. The standard InChI is InChI=1S/C17H23NO2/c18-10-15(20-16(19)14-2-1-3-14)17-7-11-4-12(8-17)6-13(5-11)9-17/h11-15H,1-9H2. The highest BCUT2D eigenvalue weighted by Crippen LogP contribution is 2.61. The Morgan fingerprint density at radius 3 is 2.05 bits per heavy atom. The topological polar surface area (TPSA) is 50.1 Å². The van der Waals surface area contributed by atoms with E-state index in [2.05, 4.69) is 6.07 Å². The number of rotatable bonds is 3. The minimum absolute atomic E-state index is 0.00288. The number of nitrogens with zero attached hydrogens (tertiary/aromatic N) is 1. The van der Waals surface area contributed by atoms with Crippen molar-refractivity contribution in [3.05, 3.63) is 0 Å². The third-order valence-electron chi connectivity index (χ3n) is 6.43. The van der Waals surface area contributed by atoms with E-state index in [1.54, 1.807) is 0 Å². The van der Waals surface area contributed by atoms with Crippen molar-refractivity contribution < 1.29 is 9.53 Å². The molecule has 0 aromatic carbocycles. The van der Waals surface area contributed by atoms with Crippen LogP contribution in [0.2, 0.25) is 0 Å². The zero-order valence-corrected chi connectivity index (χ0v) is 12.0. The van der Waals surface area contributed by atoms with Crippen molar-refractivity contribution in [2.24, 2.45) is 29.1 Å². The van der Waals surface area contributed by atoms with Crippen LogP contribution in [0.1, 0.15) is 57.8 Å². The maximum absolute atomic E-state index is 12.1. The van der Waals surface area contributed by atoms with E-state index in [1.807, 2.05) is 0 Å². The Hall–Kier alpha value is -1.04. The maximum Gasteiger partial charge on any atom is 0.310 e. The van der Waals surface area contributed by atoms with Gasteiger partial charge in [-0.15, -0.1) is 0 Å². The van der Waals surface area contributed by atoms with Crippen LogP contribution in [0.25, 0.3) is 0 Å². The molecule has 0 radical (unpaired) electrons. The summed E-state index contributed by atoms with van der Waals surface area (Å²) >= 11 is 0. The van der Waals surface area contributed by atoms with Crippen molar-refractivity contribution in [2.75, 3.05) is 0 Å². The molecule has 1 atom stereocenters. The van der Waals surface area contributed by atoms with Gasteiger partial charge in [-0.3, -0.25) is 4.79 Å². The monoisotopic (exact) mass is 273 g/mol. The van der Waals surface area contributed by atoms with Crippen LogP contribution < -0.4 is 0 Å². The molecule has 5 aliphatic rings. The van der Waals surface area contributed by atoms with Crippen molar-refractivity contribution in [3.63, 3.8) is 0 Å². The number of esters is 1. The van der Waals surface area contributed by atoms with E-state index in [4.69, 9.17) is 4.74 Å². The van der Waals surface area contributed by atoms with E-state index >= 15 is 0 Å². The zero-order valence-electron chi connectivity index (χ0n) is 12.0. The molecule has 0 N–H and O–H groups in total. The molecule has 0 aliphatic heterocycles. The number of carbonyl (C=O) groups excluding carboxylic acids is 1. The second-order valence-electron chi connectivity index (χ2n) is 7.85. The fraction of sp³-hybridized carbons (Fsp3) is 0.882. The molecule has 20 heavy (non-hydrogen) atoms. The normalized spacial score (nSPS) is 43.6. The Bertz CT molecular complexity index is 425. The van der Waals surface area contributed by atoms with Crippen LogP contribution in [-0.2, 0) is 9.53 Å². The molecule has 5 saturated carbocycles. The SMILES string of the molecule is N#CC(OC(=O)C1CCC1)C12CC3CC(CC(C3)C1)C2. The average Bonchev–Trinajstić information content (AvgIpc) is 2.31. The van der Waals surface area contributed by atoms with Gasteiger partial charge in [0.15, 0.2) is 6.10 Å². The van der Waals surface area contributed by atoms with Gasteiger partial charge in [0.25, 0.3) is 0 Å². The van der Waals surface area contributed by atoms with Gasteiger partial charge >= 0.3 is 5.97 Å². The number of nitriles is 1. The summed E-state index contributed by atoms with van der Waals surface area (Å²) in [7, 11) is 0. The van der Waals surface area contributed by atoms with Gasteiger partial charge in [0, 0.05) is 5.41 Å². The second kappa shape index (κ2) is 4.48. The Morgan fingerprint density at radius 1 is 1.10 bits per heavy atom. The first-order chi connectivity index (χ1) is 9.68. The summed E-state index contributed by atoms with van der Waals surface area (Å²) in [4.78, 5) is 12.1. The van der Waals surface area contributed by atoms with Crippen LogP contribution in [0.3, 0.4) is 0 Å². The Labute approximate surface area is 120 Å². The van der Waals surface area contributed by atoms with Gasteiger partial charge in [-0.1, -0.05) is 6.42 Å². The molecule has 0 spiro atoms. The summed E-state index contributed by atoms with van der Waals surface area (Å²) in [6.07, 6.45) is 9.99. The highest BCUT2D eigenvalue weighted by molar-refractivity contribution is 5.73. The van der Waals surface area contributed by atoms with Gasteiger partial charge in [-0.25, -0.2) is 0 Å². The summed E-state index contributed by atoms with van der Waals surface area (Å²) in [5, 5.41) is 9.58. The molecule has 5 fully saturated rings. The van der Waals surface area contributed by atoms with Crippen LogP contribution in [0.4, 0.5) is 0 Å². The van der Waals surface area contributed by atoms with Crippen LogP contribution in [-0.4, -0.2) is 12.1 Å². The zero-order chi connectivity index (χ0) is 13.7. The lowest BCUT2D eigenvalue weighted by Crippen LogP contribution is -2.52. The molecular weight excluding hydrogens is 250 g/mol. The lowest BCUT2D eigenvalue weighted by atomic mass is 9.48. The molecule has 0 aromatic heterocycles. The summed E-state index contributed by atoms with van der Waals surface area (Å²) in [5.74, 6) is 2.36. The first-order valence-electron chi connectivity index (χ1n) is 8.28. The highest BCUT2D eigenvalue weighted by Gasteiger charge is 2.56.